The Kier molecular flexibility index (Phi) is 6.27. The Bertz CT molecular complexity index is 653. The Morgan fingerprint density at radius 2 is 1.76 bits per heavy atom. The number of nitrogens with zero attached hydrogens (tertiary/aromatic N) is 1. The van der Waals surface area contributed by atoms with Crippen LogP contribution in [0.4, 0.5) is 4.79 Å². The third-order valence-electron chi connectivity index (χ3n) is 3.97. The molecule has 0 aromatic heterocycles. The zero-order chi connectivity index (χ0) is 18.6. The number of halogens is 1. The fourth-order valence-corrected chi connectivity index (χ4v) is 2.89. The van der Waals surface area contributed by atoms with E-state index in [0.717, 1.165) is 4.47 Å². The summed E-state index contributed by atoms with van der Waals surface area (Å²) in [7, 11) is 0. The number of ether oxygens (including phenoxy) is 1. The van der Waals surface area contributed by atoms with Crippen LogP contribution in [0.5, 0.6) is 0 Å². The number of amides is 1. The van der Waals surface area contributed by atoms with Gasteiger partial charge in [0.25, 0.3) is 0 Å². The Morgan fingerprint density at radius 3 is 2.28 bits per heavy atom. The van der Waals surface area contributed by atoms with Gasteiger partial charge in [-0.25, -0.2) is 4.79 Å². The summed E-state index contributed by atoms with van der Waals surface area (Å²) in [6, 6.07) is 7.11. The third kappa shape index (κ3) is 5.88. The number of aliphatic hydroxyl groups excluding tert-OH is 1. The molecule has 1 aromatic rings. The van der Waals surface area contributed by atoms with Crippen molar-refractivity contribution in [3.8, 4) is 0 Å². The summed E-state index contributed by atoms with van der Waals surface area (Å²) in [5, 5.41) is 10.1. The van der Waals surface area contributed by atoms with Crippen molar-refractivity contribution in [3.05, 3.63) is 40.4 Å². The lowest BCUT2D eigenvalue weighted by molar-refractivity contribution is -0.119. The lowest BCUT2D eigenvalue weighted by atomic mass is 9.92. The molecule has 0 bridgehead atoms. The minimum Gasteiger partial charge on any atom is -0.507 e. The molecule has 1 heterocycles. The number of likely N-dealkylation sites (tertiary alicyclic amines) is 1. The molecule has 0 spiro atoms. The predicted octanol–water partition coefficient (Wildman–Crippen LogP) is 4.56. The summed E-state index contributed by atoms with van der Waals surface area (Å²) in [6.45, 7) is 6.46. The van der Waals surface area contributed by atoms with Gasteiger partial charge in [-0.05, 0) is 45.7 Å². The molecule has 25 heavy (non-hydrogen) atoms. The molecule has 1 N–H and O–H groups in total. The van der Waals surface area contributed by atoms with Crippen LogP contribution in [0.15, 0.2) is 34.8 Å². The van der Waals surface area contributed by atoms with Crippen molar-refractivity contribution in [1.82, 2.24) is 4.90 Å². The molecule has 0 atom stereocenters. The monoisotopic (exact) mass is 409 g/mol. The number of rotatable bonds is 3. The van der Waals surface area contributed by atoms with Crippen LogP contribution >= 0.6 is 15.9 Å². The first-order valence-electron chi connectivity index (χ1n) is 8.34. The van der Waals surface area contributed by atoms with Crippen molar-refractivity contribution in [2.45, 2.75) is 39.2 Å². The van der Waals surface area contributed by atoms with Gasteiger partial charge in [0, 0.05) is 35.1 Å². The number of hydrogen-bond acceptors (Lipinski definition) is 4. The predicted molar refractivity (Wildman–Crippen MR) is 100 cm³/mol. The Morgan fingerprint density at radius 1 is 1.20 bits per heavy atom. The lowest BCUT2D eigenvalue weighted by Gasteiger charge is -2.32. The maximum absolute atomic E-state index is 12.4. The fourth-order valence-electron chi connectivity index (χ4n) is 2.63. The highest BCUT2D eigenvalue weighted by Gasteiger charge is 2.29. The van der Waals surface area contributed by atoms with E-state index >= 15 is 0 Å². The quantitative estimate of drug-likeness (QED) is 0.586. The van der Waals surface area contributed by atoms with Gasteiger partial charge in [0.1, 0.15) is 11.4 Å². The summed E-state index contributed by atoms with van der Waals surface area (Å²) >= 11 is 3.33. The van der Waals surface area contributed by atoms with Crippen LogP contribution in [0, 0.1) is 5.92 Å². The summed E-state index contributed by atoms with van der Waals surface area (Å²) < 4.78 is 6.26. The standard InChI is InChI=1S/C19H24BrNO4/c1-19(2,3)25-18(24)21-10-8-14(9-11-21)17(23)12-16(22)13-4-6-15(20)7-5-13/h4-7,12,14,22H,8-11H2,1-3H3. The van der Waals surface area contributed by atoms with Crippen LogP contribution in [-0.4, -0.2) is 40.6 Å². The summed E-state index contributed by atoms with van der Waals surface area (Å²) in [4.78, 5) is 26.0. The smallest absolute Gasteiger partial charge is 0.410 e. The molecule has 1 fully saturated rings. The molecular formula is C19H24BrNO4. The van der Waals surface area contributed by atoms with E-state index in [0.29, 0.717) is 31.5 Å². The largest absolute Gasteiger partial charge is 0.507 e. The Hall–Kier alpha value is -1.82. The molecule has 1 amide bonds. The van der Waals surface area contributed by atoms with E-state index in [1.54, 1.807) is 17.0 Å². The molecule has 1 aromatic carbocycles. The molecule has 0 radical (unpaired) electrons. The summed E-state index contributed by atoms with van der Waals surface area (Å²) in [5.41, 5.74) is 0.0749. The van der Waals surface area contributed by atoms with Gasteiger partial charge < -0.3 is 14.7 Å². The molecule has 0 unspecified atom stereocenters. The molecule has 1 saturated heterocycles. The first-order valence-corrected chi connectivity index (χ1v) is 9.13. The summed E-state index contributed by atoms with van der Waals surface area (Å²) in [6.07, 6.45) is 2.09. The molecule has 2 rings (SSSR count). The molecule has 1 aliphatic rings. The zero-order valence-corrected chi connectivity index (χ0v) is 16.4. The second-order valence-corrected chi connectivity index (χ2v) is 8.10. The van der Waals surface area contributed by atoms with E-state index in [4.69, 9.17) is 4.74 Å². The zero-order valence-electron chi connectivity index (χ0n) is 14.8. The molecule has 136 valence electrons. The number of ketones is 1. The van der Waals surface area contributed by atoms with Crippen molar-refractivity contribution >= 4 is 33.6 Å². The van der Waals surface area contributed by atoms with Gasteiger partial charge in [-0.2, -0.15) is 0 Å². The average Bonchev–Trinajstić information content (AvgIpc) is 2.54. The van der Waals surface area contributed by atoms with Crippen molar-refractivity contribution in [3.63, 3.8) is 0 Å². The maximum Gasteiger partial charge on any atom is 0.410 e. The van der Waals surface area contributed by atoms with Gasteiger partial charge >= 0.3 is 6.09 Å². The molecule has 1 aliphatic heterocycles. The highest BCUT2D eigenvalue weighted by molar-refractivity contribution is 9.10. The first kappa shape index (κ1) is 19.5. The highest BCUT2D eigenvalue weighted by Crippen LogP contribution is 2.23. The van der Waals surface area contributed by atoms with Gasteiger partial charge in [0.05, 0.1) is 0 Å². The minimum atomic E-state index is -0.525. The van der Waals surface area contributed by atoms with Crippen LogP contribution in [-0.2, 0) is 9.53 Å². The van der Waals surface area contributed by atoms with E-state index in [2.05, 4.69) is 15.9 Å². The van der Waals surface area contributed by atoms with Crippen LogP contribution in [0.1, 0.15) is 39.2 Å². The third-order valence-corrected chi connectivity index (χ3v) is 4.50. The van der Waals surface area contributed by atoms with Gasteiger partial charge in [0.2, 0.25) is 0 Å². The van der Waals surface area contributed by atoms with Crippen molar-refractivity contribution in [1.29, 1.82) is 0 Å². The molecule has 0 aliphatic carbocycles. The number of aliphatic hydroxyl groups is 1. The van der Waals surface area contributed by atoms with Gasteiger partial charge in [-0.1, -0.05) is 28.1 Å². The van der Waals surface area contributed by atoms with Crippen molar-refractivity contribution in [2.75, 3.05) is 13.1 Å². The number of carbonyl (C=O) groups excluding carboxylic acids is 2. The number of carbonyl (C=O) groups is 2. The second-order valence-electron chi connectivity index (χ2n) is 7.18. The molecule has 0 saturated carbocycles. The van der Waals surface area contributed by atoms with E-state index < -0.39 is 5.60 Å². The fraction of sp³-hybridized carbons (Fsp3) is 0.474. The van der Waals surface area contributed by atoms with E-state index in [9.17, 15) is 14.7 Å². The molecule has 5 nitrogen and oxygen atoms in total. The van der Waals surface area contributed by atoms with E-state index in [1.807, 2.05) is 32.9 Å². The van der Waals surface area contributed by atoms with Gasteiger partial charge in [-0.3, -0.25) is 4.79 Å². The highest BCUT2D eigenvalue weighted by atomic mass is 79.9. The maximum atomic E-state index is 12.4. The lowest BCUT2D eigenvalue weighted by Crippen LogP contribution is -2.42. The number of piperidine rings is 1. The molecule has 6 heteroatoms. The average molecular weight is 410 g/mol. The van der Waals surface area contributed by atoms with Crippen LogP contribution in [0.2, 0.25) is 0 Å². The number of allylic oxidation sites excluding steroid dienone is 1. The van der Waals surface area contributed by atoms with Crippen LogP contribution < -0.4 is 0 Å². The normalized spacial score (nSPS) is 16.6. The number of benzene rings is 1. The van der Waals surface area contributed by atoms with Crippen LogP contribution in [0.25, 0.3) is 5.76 Å². The topological polar surface area (TPSA) is 66.8 Å². The van der Waals surface area contributed by atoms with Crippen molar-refractivity contribution in [2.24, 2.45) is 5.92 Å². The van der Waals surface area contributed by atoms with Gasteiger partial charge in [-0.15, -0.1) is 0 Å². The Balaban J connectivity index is 1.91. The SMILES string of the molecule is CC(C)(C)OC(=O)N1CCC(C(=O)C=C(O)c2ccc(Br)cc2)CC1. The van der Waals surface area contributed by atoms with E-state index in [1.165, 1.54) is 6.08 Å². The number of hydrogen-bond donors (Lipinski definition) is 1. The van der Waals surface area contributed by atoms with Crippen molar-refractivity contribution < 1.29 is 19.4 Å². The minimum absolute atomic E-state index is 0.0351. The summed E-state index contributed by atoms with van der Waals surface area (Å²) in [5.74, 6) is -0.326. The second kappa shape index (κ2) is 8.04. The van der Waals surface area contributed by atoms with Crippen LogP contribution in [0.3, 0.4) is 0 Å². The first-order chi connectivity index (χ1) is 11.7. The van der Waals surface area contributed by atoms with E-state index in [-0.39, 0.29) is 23.6 Å². The molecular weight excluding hydrogens is 386 g/mol. The van der Waals surface area contributed by atoms with Gasteiger partial charge in [0.15, 0.2) is 5.78 Å². The Labute approximate surface area is 156 Å².